The molecular weight excluding hydrogens is 274 g/mol. The zero-order chi connectivity index (χ0) is 13.5. The molecule has 2 atom stereocenters. The van der Waals surface area contributed by atoms with Crippen molar-refractivity contribution in [3.63, 3.8) is 0 Å². The molecule has 0 bridgehead atoms. The highest BCUT2D eigenvalue weighted by Crippen LogP contribution is 2.35. The van der Waals surface area contributed by atoms with Gasteiger partial charge in [0.05, 0.1) is 0 Å². The maximum absolute atomic E-state index is 12.0. The topological polar surface area (TPSA) is 83.5 Å². The Labute approximate surface area is 110 Å². The summed E-state index contributed by atoms with van der Waals surface area (Å²) in [5, 5.41) is 8.91. The molecule has 2 unspecified atom stereocenters. The molecule has 1 aliphatic carbocycles. The minimum Gasteiger partial charge on any atom is -0.477 e. The van der Waals surface area contributed by atoms with Gasteiger partial charge in [0.15, 0.2) is 0 Å². The number of carboxylic acid groups (broad SMARTS) is 1. The van der Waals surface area contributed by atoms with Gasteiger partial charge in [-0.05, 0) is 30.9 Å². The maximum atomic E-state index is 12.0. The second kappa shape index (κ2) is 4.64. The molecule has 1 aliphatic rings. The summed E-state index contributed by atoms with van der Waals surface area (Å²) in [5.41, 5.74) is 0.482. The highest BCUT2D eigenvalue weighted by molar-refractivity contribution is 7.91. The van der Waals surface area contributed by atoms with Crippen LogP contribution in [-0.2, 0) is 10.0 Å². The number of aromatic carboxylic acids is 1. The molecule has 1 fully saturated rings. The van der Waals surface area contributed by atoms with Crippen LogP contribution in [0.3, 0.4) is 0 Å². The summed E-state index contributed by atoms with van der Waals surface area (Å²) >= 11 is 0.803. The van der Waals surface area contributed by atoms with Gasteiger partial charge in [-0.3, -0.25) is 0 Å². The number of hydrogen-bond acceptors (Lipinski definition) is 4. The number of sulfonamides is 1. The Hall–Kier alpha value is -0.920. The fourth-order valence-corrected chi connectivity index (χ4v) is 4.61. The number of aryl methyl sites for hydroxylation is 1. The van der Waals surface area contributed by atoms with Crippen molar-refractivity contribution in [1.82, 2.24) is 4.72 Å². The van der Waals surface area contributed by atoms with Crippen LogP contribution < -0.4 is 4.72 Å². The minimum atomic E-state index is -3.57. The van der Waals surface area contributed by atoms with Crippen molar-refractivity contribution < 1.29 is 18.3 Å². The van der Waals surface area contributed by atoms with Gasteiger partial charge in [0.1, 0.15) is 9.09 Å². The Bertz CT molecular complexity index is 576. The molecular formula is C11H15NO4S2. The van der Waals surface area contributed by atoms with Gasteiger partial charge in [0.2, 0.25) is 10.0 Å². The zero-order valence-corrected chi connectivity index (χ0v) is 11.8. The summed E-state index contributed by atoms with van der Waals surface area (Å²) in [6.45, 7) is 3.63. The number of nitrogens with one attached hydrogen (secondary N) is 1. The summed E-state index contributed by atoms with van der Waals surface area (Å²) in [5.74, 6) is -0.670. The van der Waals surface area contributed by atoms with E-state index in [0.29, 0.717) is 11.5 Å². The molecule has 1 saturated carbocycles. The third kappa shape index (κ3) is 2.57. The van der Waals surface area contributed by atoms with Crippen LogP contribution >= 0.6 is 11.3 Å². The van der Waals surface area contributed by atoms with Crippen molar-refractivity contribution in [2.45, 2.75) is 36.9 Å². The monoisotopic (exact) mass is 289 g/mol. The predicted molar refractivity (Wildman–Crippen MR) is 68.5 cm³/mol. The van der Waals surface area contributed by atoms with Gasteiger partial charge in [-0.25, -0.2) is 17.9 Å². The number of rotatable bonds is 5. The first kappa shape index (κ1) is 13.5. The molecule has 1 heterocycles. The van der Waals surface area contributed by atoms with Crippen LogP contribution in [0.5, 0.6) is 0 Å². The summed E-state index contributed by atoms with van der Waals surface area (Å²) in [6, 6.07) is 1.43. The van der Waals surface area contributed by atoms with E-state index in [0.717, 1.165) is 24.2 Å². The molecule has 1 aromatic rings. The quantitative estimate of drug-likeness (QED) is 0.866. The highest BCUT2D eigenvalue weighted by atomic mass is 32.2. The van der Waals surface area contributed by atoms with Gasteiger partial charge in [-0.1, -0.05) is 13.3 Å². The largest absolute Gasteiger partial charge is 0.477 e. The lowest BCUT2D eigenvalue weighted by Crippen LogP contribution is -2.26. The second-order valence-corrected chi connectivity index (χ2v) is 7.51. The Balaban J connectivity index is 2.20. The van der Waals surface area contributed by atoms with Crippen molar-refractivity contribution in [3.8, 4) is 0 Å². The van der Waals surface area contributed by atoms with E-state index in [4.69, 9.17) is 5.11 Å². The second-order valence-electron chi connectivity index (χ2n) is 4.51. The predicted octanol–water partition coefficient (Wildman–Crippen LogP) is 1.83. The SMILES string of the molecule is CCC1CC1NS(=O)(=O)c1cc(C)c(C(=O)O)s1. The van der Waals surface area contributed by atoms with Crippen molar-refractivity contribution in [2.75, 3.05) is 0 Å². The van der Waals surface area contributed by atoms with E-state index in [1.165, 1.54) is 6.07 Å². The fourth-order valence-electron chi connectivity index (χ4n) is 1.90. The Morgan fingerprint density at radius 3 is 2.72 bits per heavy atom. The molecule has 2 N–H and O–H groups in total. The van der Waals surface area contributed by atoms with E-state index in [-0.39, 0.29) is 15.1 Å². The molecule has 0 radical (unpaired) electrons. The van der Waals surface area contributed by atoms with Gasteiger partial charge < -0.3 is 5.11 Å². The van der Waals surface area contributed by atoms with E-state index in [9.17, 15) is 13.2 Å². The van der Waals surface area contributed by atoms with Crippen molar-refractivity contribution in [1.29, 1.82) is 0 Å². The lowest BCUT2D eigenvalue weighted by molar-refractivity contribution is 0.0701. The van der Waals surface area contributed by atoms with E-state index in [1.807, 2.05) is 6.92 Å². The van der Waals surface area contributed by atoms with Crippen LogP contribution in [0.1, 0.15) is 35.0 Å². The van der Waals surface area contributed by atoms with Crippen molar-refractivity contribution >= 4 is 27.3 Å². The molecule has 0 aliphatic heterocycles. The molecule has 2 rings (SSSR count). The standard InChI is InChI=1S/C11H15NO4S2/c1-3-7-5-8(7)12-18(15,16)9-4-6(2)10(17-9)11(13)14/h4,7-8,12H,3,5H2,1-2H3,(H,13,14). The molecule has 7 heteroatoms. The first-order valence-corrected chi connectivity index (χ1v) is 8.01. The van der Waals surface area contributed by atoms with Crippen LogP contribution in [0, 0.1) is 12.8 Å². The zero-order valence-electron chi connectivity index (χ0n) is 10.1. The maximum Gasteiger partial charge on any atom is 0.346 e. The van der Waals surface area contributed by atoms with Gasteiger partial charge in [0.25, 0.3) is 0 Å². The van der Waals surface area contributed by atoms with Gasteiger partial charge >= 0.3 is 5.97 Å². The Kier molecular flexibility index (Phi) is 3.48. The first-order valence-electron chi connectivity index (χ1n) is 5.71. The molecule has 1 aromatic heterocycles. The van der Waals surface area contributed by atoms with Crippen LogP contribution in [-0.4, -0.2) is 25.5 Å². The van der Waals surface area contributed by atoms with Crippen molar-refractivity contribution in [3.05, 3.63) is 16.5 Å². The van der Waals surface area contributed by atoms with Crippen molar-refractivity contribution in [2.24, 2.45) is 5.92 Å². The summed E-state index contributed by atoms with van der Waals surface area (Å²) in [4.78, 5) is 11.0. The Morgan fingerprint density at radius 1 is 1.61 bits per heavy atom. The van der Waals surface area contributed by atoms with Gasteiger partial charge in [0, 0.05) is 6.04 Å². The fraction of sp³-hybridized carbons (Fsp3) is 0.545. The van der Waals surface area contributed by atoms with E-state index >= 15 is 0 Å². The molecule has 0 aromatic carbocycles. The smallest absolute Gasteiger partial charge is 0.346 e. The minimum absolute atomic E-state index is 0.00989. The summed E-state index contributed by atoms with van der Waals surface area (Å²) < 4.78 is 26.8. The average Bonchev–Trinajstić information content (AvgIpc) is 2.87. The summed E-state index contributed by atoms with van der Waals surface area (Å²) in [7, 11) is -3.57. The van der Waals surface area contributed by atoms with Crippen LogP contribution in [0.2, 0.25) is 0 Å². The molecule has 18 heavy (non-hydrogen) atoms. The molecule has 0 amide bonds. The lowest BCUT2D eigenvalue weighted by Gasteiger charge is -2.02. The molecule has 0 saturated heterocycles. The van der Waals surface area contributed by atoms with Crippen LogP contribution in [0.25, 0.3) is 0 Å². The lowest BCUT2D eigenvalue weighted by atomic mass is 10.3. The third-order valence-electron chi connectivity index (χ3n) is 3.11. The van der Waals surface area contributed by atoms with E-state index in [1.54, 1.807) is 6.92 Å². The first-order chi connectivity index (χ1) is 8.35. The number of carbonyl (C=O) groups is 1. The van der Waals surface area contributed by atoms with Crippen LogP contribution in [0.15, 0.2) is 10.3 Å². The number of thiophene rings is 1. The Morgan fingerprint density at radius 2 is 2.28 bits per heavy atom. The molecule has 0 spiro atoms. The summed E-state index contributed by atoms with van der Waals surface area (Å²) in [6.07, 6.45) is 1.82. The molecule has 100 valence electrons. The number of hydrogen-bond donors (Lipinski definition) is 2. The van der Waals surface area contributed by atoms with E-state index in [2.05, 4.69) is 4.72 Å². The van der Waals surface area contributed by atoms with E-state index < -0.39 is 16.0 Å². The number of carboxylic acids is 1. The highest BCUT2D eigenvalue weighted by Gasteiger charge is 2.39. The normalized spacial score (nSPS) is 23.0. The van der Waals surface area contributed by atoms with Crippen LogP contribution in [0.4, 0.5) is 0 Å². The van der Waals surface area contributed by atoms with Gasteiger partial charge in [-0.15, -0.1) is 11.3 Å². The van der Waals surface area contributed by atoms with Gasteiger partial charge in [-0.2, -0.15) is 0 Å². The average molecular weight is 289 g/mol. The molecule has 5 nitrogen and oxygen atoms in total. The third-order valence-corrected chi connectivity index (χ3v) is 6.30.